The van der Waals surface area contributed by atoms with E-state index in [4.69, 9.17) is 0 Å². The molecule has 0 unspecified atom stereocenters. The summed E-state index contributed by atoms with van der Waals surface area (Å²) in [7, 11) is 0. The minimum absolute atomic E-state index is 0.303. The van der Waals surface area contributed by atoms with E-state index in [1.165, 1.54) is 35.7 Å². The highest BCUT2D eigenvalue weighted by atomic mass is 32.2. The number of aliphatic hydroxyl groups is 1. The Kier molecular flexibility index (Phi) is 3.76. The van der Waals surface area contributed by atoms with Crippen LogP contribution in [0.25, 0.3) is 0 Å². The zero-order chi connectivity index (χ0) is 12.4. The van der Waals surface area contributed by atoms with E-state index >= 15 is 0 Å². The summed E-state index contributed by atoms with van der Waals surface area (Å²) in [6, 6.07) is 3.10. The average Bonchev–Trinajstić information content (AvgIpc) is 2.75. The van der Waals surface area contributed by atoms with Crippen LogP contribution in [0.3, 0.4) is 0 Å². The summed E-state index contributed by atoms with van der Waals surface area (Å²) >= 11 is 2.67. The molecule has 2 aromatic rings. The monoisotopic (exact) mass is 270 g/mol. The van der Waals surface area contributed by atoms with Crippen LogP contribution >= 0.6 is 23.3 Å². The fourth-order valence-corrected chi connectivity index (χ4v) is 3.08. The largest absolute Gasteiger partial charge is 0.389 e. The summed E-state index contributed by atoms with van der Waals surface area (Å²) in [6.45, 7) is 3.32. The molecule has 1 heterocycles. The average molecular weight is 270 g/mol. The third-order valence-corrected chi connectivity index (χ3v) is 4.07. The smallest absolute Gasteiger partial charge is 0.174 e. The molecule has 0 aliphatic carbocycles. The maximum atomic E-state index is 13.5. The first kappa shape index (κ1) is 12.5. The van der Waals surface area contributed by atoms with Gasteiger partial charge in [0.1, 0.15) is 12.1 Å². The van der Waals surface area contributed by atoms with Crippen molar-refractivity contribution in [2.45, 2.75) is 29.2 Å². The molecule has 0 aliphatic heterocycles. The Balaban J connectivity index is 2.41. The lowest BCUT2D eigenvalue weighted by molar-refractivity contribution is 0.196. The maximum Gasteiger partial charge on any atom is 0.174 e. The van der Waals surface area contributed by atoms with Gasteiger partial charge in [-0.05, 0) is 48.6 Å². The number of hydrogen-bond acceptors (Lipinski definition) is 5. The molecular weight excluding hydrogens is 259 g/mol. The van der Waals surface area contributed by atoms with E-state index in [9.17, 15) is 9.50 Å². The predicted octanol–water partition coefficient (Wildman–Crippen LogP) is 3.19. The van der Waals surface area contributed by atoms with Gasteiger partial charge in [-0.25, -0.2) is 9.37 Å². The lowest BCUT2D eigenvalue weighted by atomic mass is 10.1. The van der Waals surface area contributed by atoms with Crippen molar-refractivity contribution in [2.24, 2.45) is 0 Å². The highest BCUT2D eigenvalue weighted by molar-refractivity contribution is 8.01. The zero-order valence-electron chi connectivity index (χ0n) is 9.35. The quantitative estimate of drug-likeness (QED) is 0.930. The van der Waals surface area contributed by atoms with Gasteiger partial charge in [-0.1, -0.05) is 11.8 Å². The van der Waals surface area contributed by atoms with Crippen molar-refractivity contribution in [3.05, 3.63) is 35.4 Å². The van der Waals surface area contributed by atoms with E-state index in [-0.39, 0.29) is 5.82 Å². The fourth-order valence-electron chi connectivity index (χ4n) is 1.39. The van der Waals surface area contributed by atoms with Crippen LogP contribution in [0.15, 0.2) is 27.7 Å². The van der Waals surface area contributed by atoms with E-state index in [2.05, 4.69) is 9.36 Å². The minimum atomic E-state index is -0.708. The molecule has 1 N–H and O–H groups in total. The van der Waals surface area contributed by atoms with Gasteiger partial charge < -0.3 is 5.11 Å². The molecule has 2 rings (SSSR count). The van der Waals surface area contributed by atoms with Crippen LogP contribution in [0.2, 0.25) is 0 Å². The van der Waals surface area contributed by atoms with Crippen LogP contribution in [0, 0.1) is 12.7 Å². The lowest BCUT2D eigenvalue weighted by Crippen LogP contribution is -1.97. The second-order valence-corrected chi connectivity index (χ2v) is 5.69. The molecule has 0 saturated heterocycles. The topological polar surface area (TPSA) is 46.0 Å². The predicted molar refractivity (Wildman–Crippen MR) is 65.8 cm³/mol. The van der Waals surface area contributed by atoms with Gasteiger partial charge in [0.2, 0.25) is 0 Å². The standard InChI is InChI=1S/C11H11FN2OS2/c1-6-3-10(16-11-13-5-14-17-11)8(7(2)15)4-9(6)12/h3-5,7,15H,1-2H3/t7-/m1/s1. The highest BCUT2D eigenvalue weighted by Gasteiger charge is 2.14. The molecule has 0 fully saturated rings. The molecular formula is C11H11FN2OS2. The molecule has 0 radical (unpaired) electrons. The Morgan fingerprint density at radius 1 is 1.47 bits per heavy atom. The summed E-state index contributed by atoms with van der Waals surface area (Å²) in [6.07, 6.45) is 0.770. The van der Waals surface area contributed by atoms with E-state index < -0.39 is 6.10 Å². The van der Waals surface area contributed by atoms with E-state index in [1.807, 2.05) is 0 Å². The molecule has 1 atom stereocenters. The highest BCUT2D eigenvalue weighted by Crippen LogP contribution is 2.35. The van der Waals surface area contributed by atoms with Gasteiger partial charge >= 0.3 is 0 Å². The second kappa shape index (κ2) is 5.12. The normalized spacial score (nSPS) is 12.7. The molecule has 0 bridgehead atoms. The molecule has 0 spiro atoms. The van der Waals surface area contributed by atoms with Gasteiger partial charge in [-0.15, -0.1) is 0 Å². The first-order chi connectivity index (χ1) is 8.08. The molecule has 0 amide bonds. The number of aryl methyl sites for hydroxylation is 1. The molecule has 90 valence electrons. The van der Waals surface area contributed by atoms with Crippen molar-refractivity contribution < 1.29 is 9.50 Å². The summed E-state index contributed by atoms with van der Waals surface area (Å²) < 4.78 is 18.1. The molecule has 1 aromatic carbocycles. The Morgan fingerprint density at radius 2 is 2.24 bits per heavy atom. The van der Waals surface area contributed by atoms with Crippen LogP contribution in [0.1, 0.15) is 24.2 Å². The van der Waals surface area contributed by atoms with Crippen LogP contribution < -0.4 is 0 Å². The summed E-state index contributed by atoms with van der Waals surface area (Å²) in [4.78, 5) is 4.87. The van der Waals surface area contributed by atoms with Crippen LogP contribution in [0.4, 0.5) is 4.39 Å². The SMILES string of the molecule is Cc1cc(Sc2ncns2)c([C@@H](C)O)cc1F. The lowest BCUT2D eigenvalue weighted by Gasteiger charge is -2.12. The van der Waals surface area contributed by atoms with Gasteiger partial charge in [0.15, 0.2) is 4.34 Å². The Bertz CT molecular complexity index is 514. The zero-order valence-corrected chi connectivity index (χ0v) is 11.0. The van der Waals surface area contributed by atoms with Crippen molar-refractivity contribution in [3.8, 4) is 0 Å². The number of aromatic nitrogens is 2. The van der Waals surface area contributed by atoms with Crippen molar-refractivity contribution >= 4 is 23.3 Å². The first-order valence-corrected chi connectivity index (χ1v) is 6.59. The van der Waals surface area contributed by atoms with Crippen molar-refractivity contribution in [2.75, 3.05) is 0 Å². The number of nitrogens with zero attached hydrogens (tertiary/aromatic N) is 2. The summed E-state index contributed by atoms with van der Waals surface area (Å²) in [5.74, 6) is -0.303. The number of rotatable bonds is 3. The maximum absolute atomic E-state index is 13.5. The summed E-state index contributed by atoms with van der Waals surface area (Å²) in [5, 5.41) is 9.64. The van der Waals surface area contributed by atoms with Gasteiger partial charge in [0.05, 0.1) is 6.10 Å². The molecule has 0 aliphatic rings. The van der Waals surface area contributed by atoms with Crippen LogP contribution in [0.5, 0.6) is 0 Å². The number of benzene rings is 1. The van der Waals surface area contributed by atoms with Gasteiger partial charge in [-0.3, -0.25) is 0 Å². The van der Waals surface area contributed by atoms with E-state index in [0.29, 0.717) is 11.1 Å². The minimum Gasteiger partial charge on any atom is -0.389 e. The van der Waals surface area contributed by atoms with E-state index in [0.717, 1.165) is 9.24 Å². The molecule has 1 aromatic heterocycles. The fraction of sp³-hybridized carbons (Fsp3) is 0.273. The number of hydrogen-bond donors (Lipinski definition) is 1. The van der Waals surface area contributed by atoms with Gasteiger partial charge in [0, 0.05) is 4.90 Å². The number of halogens is 1. The van der Waals surface area contributed by atoms with Crippen molar-refractivity contribution in [1.82, 2.24) is 9.36 Å². The van der Waals surface area contributed by atoms with E-state index in [1.54, 1.807) is 19.9 Å². The Hall–Kier alpha value is -0.980. The van der Waals surface area contributed by atoms with Crippen LogP contribution in [-0.4, -0.2) is 14.5 Å². The van der Waals surface area contributed by atoms with Gasteiger partial charge in [-0.2, -0.15) is 4.37 Å². The molecule has 17 heavy (non-hydrogen) atoms. The third-order valence-electron chi connectivity index (χ3n) is 2.28. The Labute approximate surface area is 107 Å². The van der Waals surface area contributed by atoms with Crippen LogP contribution in [-0.2, 0) is 0 Å². The first-order valence-electron chi connectivity index (χ1n) is 5.00. The van der Waals surface area contributed by atoms with Crippen molar-refractivity contribution in [1.29, 1.82) is 0 Å². The molecule has 3 nitrogen and oxygen atoms in total. The third kappa shape index (κ3) is 2.83. The Morgan fingerprint density at radius 3 is 2.82 bits per heavy atom. The van der Waals surface area contributed by atoms with Gasteiger partial charge in [0.25, 0.3) is 0 Å². The number of aliphatic hydroxyl groups excluding tert-OH is 1. The molecule has 6 heteroatoms. The van der Waals surface area contributed by atoms with Crippen molar-refractivity contribution in [3.63, 3.8) is 0 Å². The summed E-state index contributed by atoms with van der Waals surface area (Å²) in [5.41, 5.74) is 1.13. The second-order valence-electron chi connectivity index (χ2n) is 3.62. The molecule has 0 saturated carbocycles.